The Labute approximate surface area is 133 Å². The third-order valence-electron chi connectivity index (χ3n) is 3.35. The topological polar surface area (TPSA) is 34.9 Å². The molecule has 0 saturated heterocycles. The molecule has 1 aromatic heterocycles. The predicted octanol–water partition coefficient (Wildman–Crippen LogP) is 3.99. The van der Waals surface area contributed by atoms with Crippen LogP contribution in [0.3, 0.4) is 0 Å². The molecule has 2 aromatic carbocycles. The van der Waals surface area contributed by atoms with Crippen LogP contribution in [-0.2, 0) is 0 Å². The van der Waals surface area contributed by atoms with Crippen molar-refractivity contribution in [2.45, 2.75) is 6.18 Å². The minimum Gasteiger partial charge on any atom is -0.268 e. The molecule has 0 aliphatic heterocycles. The fourth-order valence-corrected chi connectivity index (χ4v) is 2.32. The SMILES string of the molecule is O=c1c2cc(F)ccc2ncn1/C(=C\C(F)(F)F)c1ccccc1. The zero-order valence-corrected chi connectivity index (χ0v) is 12.1. The van der Waals surface area contributed by atoms with Crippen molar-refractivity contribution in [2.75, 3.05) is 0 Å². The van der Waals surface area contributed by atoms with E-state index in [-0.39, 0.29) is 28.2 Å². The van der Waals surface area contributed by atoms with Crippen LogP contribution in [-0.4, -0.2) is 15.7 Å². The first-order valence-electron chi connectivity index (χ1n) is 6.87. The van der Waals surface area contributed by atoms with Gasteiger partial charge >= 0.3 is 6.18 Å². The summed E-state index contributed by atoms with van der Waals surface area (Å²) in [4.78, 5) is 16.5. The van der Waals surface area contributed by atoms with Crippen molar-refractivity contribution in [1.82, 2.24) is 9.55 Å². The van der Waals surface area contributed by atoms with Gasteiger partial charge in [-0.05, 0) is 23.8 Å². The van der Waals surface area contributed by atoms with Gasteiger partial charge in [-0.2, -0.15) is 13.2 Å². The highest BCUT2D eigenvalue weighted by molar-refractivity contribution is 5.79. The summed E-state index contributed by atoms with van der Waals surface area (Å²) in [6.45, 7) is 0. The Bertz CT molecular complexity index is 975. The Morgan fingerprint density at radius 1 is 1.08 bits per heavy atom. The van der Waals surface area contributed by atoms with E-state index in [1.807, 2.05) is 0 Å². The van der Waals surface area contributed by atoms with Gasteiger partial charge in [0.2, 0.25) is 0 Å². The second-order valence-corrected chi connectivity index (χ2v) is 5.02. The number of allylic oxidation sites excluding steroid dienone is 1. The fourth-order valence-electron chi connectivity index (χ4n) is 2.32. The summed E-state index contributed by atoms with van der Waals surface area (Å²) in [6.07, 6.45) is -3.61. The van der Waals surface area contributed by atoms with Gasteiger partial charge in [-0.25, -0.2) is 9.37 Å². The van der Waals surface area contributed by atoms with Gasteiger partial charge < -0.3 is 0 Å². The van der Waals surface area contributed by atoms with Crippen LogP contribution in [0.2, 0.25) is 0 Å². The first-order valence-corrected chi connectivity index (χ1v) is 6.87. The summed E-state index contributed by atoms with van der Waals surface area (Å²) in [7, 11) is 0. The highest BCUT2D eigenvalue weighted by Crippen LogP contribution is 2.25. The summed E-state index contributed by atoms with van der Waals surface area (Å²) >= 11 is 0. The number of aromatic nitrogens is 2. The molecule has 0 atom stereocenters. The van der Waals surface area contributed by atoms with Crippen molar-refractivity contribution in [3.05, 3.63) is 82.7 Å². The number of nitrogens with zero attached hydrogens (tertiary/aromatic N) is 2. The Balaban J connectivity index is 2.30. The van der Waals surface area contributed by atoms with E-state index in [4.69, 9.17) is 0 Å². The molecule has 24 heavy (non-hydrogen) atoms. The summed E-state index contributed by atoms with van der Waals surface area (Å²) in [5.74, 6) is -0.666. The largest absolute Gasteiger partial charge is 0.411 e. The van der Waals surface area contributed by atoms with Gasteiger partial charge in [0, 0.05) is 6.08 Å². The third-order valence-corrected chi connectivity index (χ3v) is 3.35. The number of hydrogen-bond acceptors (Lipinski definition) is 2. The van der Waals surface area contributed by atoms with Crippen molar-refractivity contribution in [3.63, 3.8) is 0 Å². The van der Waals surface area contributed by atoms with Crippen molar-refractivity contribution in [2.24, 2.45) is 0 Å². The van der Waals surface area contributed by atoms with Crippen molar-refractivity contribution >= 4 is 16.6 Å². The van der Waals surface area contributed by atoms with Gasteiger partial charge in [-0.1, -0.05) is 30.3 Å². The first-order chi connectivity index (χ1) is 11.3. The summed E-state index contributed by atoms with van der Waals surface area (Å²) in [5.41, 5.74) is -0.767. The lowest BCUT2D eigenvalue weighted by molar-refractivity contribution is -0.0795. The maximum Gasteiger partial charge on any atom is 0.411 e. The van der Waals surface area contributed by atoms with Gasteiger partial charge in [0.25, 0.3) is 5.56 Å². The number of benzene rings is 2. The molecule has 7 heteroatoms. The van der Waals surface area contributed by atoms with Crippen LogP contribution >= 0.6 is 0 Å². The molecule has 0 unspecified atom stereocenters. The Morgan fingerprint density at radius 2 is 1.79 bits per heavy atom. The molecule has 0 fully saturated rings. The van der Waals surface area contributed by atoms with Crippen LogP contribution < -0.4 is 5.56 Å². The van der Waals surface area contributed by atoms with Crippen LogP contribution in [0, 0.1) is 5.82 Å². The quantitative estimate of drug-likeness (QED) is 0.664. The highest BCUT2D eigenvalue weighted by atomic mass is 19.4. The fraction of sp³-hybridized carbons (Fsp3) is 0.0588. The van der Waals surface area contributed by atoms with Gasteiger partial charge in [-0.3, -0.25) is 9.36 Å². The zero-order chi connectivity index (χ0) is 17.3. The average molecular weight is 334 g/mol. The normalized spacial score (nSPS) is 12.6. The van der Waals surface area contributed by atoms with Crippen molar-refractivity contribution < 1.29 is 17.6 Å². The molecule has 0 aliphatic carbocycles. The predicted molar refractivity (Wildman–Crippen MR) is 81.8 cm³/mol. The van der Waals surface area contributed by atoms with E-state index < -0.39 is 17.6 Å². The van der Waals surface area contributed by atoms with Crippen molar-refractivity contribution in [3.8, 4) is 0 Å². The molecule has 0 spiro atoms. The molecule has 0 radical (unpaired) electrons. The molecule has 3 rings (SSSR count). The lowest BCUT2D eigenvalue weighted by atomic mass is 10.1. The average Bonchev–Trinajstić information content (AvgIpc) is 2.54. The van der Waals surface area contributed by atoms with E-state index in [0.29, 0.717) is 0 Å². The molecular formula is C17H10F4N2O. The van der Waals surface area contributed by atoms with Crippen LogP contribution in [0.25, 0.3) is 16.6 Å². The Morgan fingerprint density at radius 3 is 2.46 bits per heavy atom. The van der Waals surface area contributed by atoms with Crippen LogP contribution in [0.4, 0.5) is 17.6 Å². The van der Waals surface area contributed by atoms with E-state index in [9.17, 15) is 22.4 Å². The molecule has 3 nitrogen and oxygen atoms in total. The van der Waals surface area contributed by atoms with Crippen molar-refractivity contribution in [1.29, 1.82) is 0 Å². The molecular weight excluding hydrogens is 324 g/mol. The first kappa shape index (κ1) is 15.9. The van der Waals surface area contributed by atoms with Gasteiger partial charge in [0.15, 0.2) is 0 Å². The number of halogens is 4. The van der Waals surface area contributed by atoms with E-state index in [2.05, 4.69) is 4.98 Å². The van der Waals surface area contributed by atoms with Gasteiger partial charge in [0.1, 0.15) is 12.1 Å². The zero-order valence-electron chi connectivity index (χ0n) is 12.1. The second kappa shape index (κ2) is 5.92. The third kappa shape index (κ3) is 3.19. The van der Waals surface area contributed by atoms with E-state index in [0.717, 1.165) is 23.0 Å². The molecule has 122 valence electrons. The molecule has 0 aliphatic rings. The minimum absolute atomic E-state index is 0.0243. The van der Waals surface area contributed by atoms with Crippen LogP contribution in [0.1, 0.15) is 5.56 Å². The molecule has 1 heterocycles. The molecule has 3 aromatic rings. The smallest absolute Gasteiger partial charge is 0.268 e. The molecule has 0 saturated carbocycles. The monoisotopic (exact) mass is 334 g/mol. The summed E-state index contributed by atoms with van der Waals surface area (Å²) in [6, 6.07) is 11.0. The van der Waals surface area contributed by atoms with E-state index in [1.54, 1.807) is 18.2 Å². The number of alkyl halides is 3. The number of hydrogen-bond donors (Lipinski definition) is 0. The van der Waals surface area contributed by atoms with E-state index in [1.165, 1.54) is 18.2 Å². The standard InChI is InChI=1S/C17H10F4N2O/c18-12-6-7-14-13(8-12)16(24)23(10-22-14)15(9-17(19,20)21)11-4-2-1-3-5-11/h1-10H/b15-9-. The Kier molecular flexibility index (Phi) is 3.92. The molecule has 0 amide bonds. The Hall–Kier alpha value is -2.96. The van der Waals surface area contributed by atoms with Gasteiger partial charge in [-0.15, -0.1) is 0 Å². The highest BCUT2D eigenvalue weighted by Gasteiger charge is 2.26. The van der Waals surface area contributed by atoms with Crippen LogP contribution in [0.15, 0.2) is 65.7 Å². The summed E-state index contributed by atoms with van der Waals surface area (Å²) in [5, 5.41) is -0.0958. The van der Waals surface area contributed by atoms with E-state index >= 15 is 0 Å². The number of fused-ring (bicyclic) bond motifs is 1. The number of rotatable bonds is 2. The van der Waals surface area contributed by atoms with Crippen LogP contribution in [0.5, 0.6) is 0 Å². The lowest BCUT2D eigenvalue weighted by Gasteiger charge is -2.13. The molecule has 0 bridgehead atoms. The lowest BCUT2D eigenvalue weighted by Crippen LogP contribution is -2.22. The molecule has 0 N–H and O–H groups in total. The summed E-state index contributed by atoms with van der Waals surface area (Å²) < 4.78 is 52.9. The van der Waals surface area contributed by atoms with Gasteiger partial charge in [0.05, 0.1) is 16.6 Å². The maximum absolute atomic E-state index is 13.4. The second-order valence-electron chi connectivity index (χ2n) is 5.02. The minimum atomic E-state index is -4.64. The maximum atomic E-state index is 13.4.